The number of fused-ring (bicyclic) bond motifs is 1. The summed E-state index contributed by atoms with van der Waals surface area (Å²) in [5.41, 5.74) is 3.75. The Bertz CT molecular complexity index is 691. The Morgan fingerprint density at radius 2 is 2.19 bits per heavy atom. The molecule has 2 aromatic heterocycles. The number of hydrogen-bond donors (Lipinski definition) is 1. The van der Waals surface area contributed by atoms with Gasteiger partial charge < -0.3 is 9.88 Å². The van der Waals surface area contributed by atoms with Crippen LogP contribution in [0, 0.1) is 0 Å². The van der Waals surface area contributed by atoms with E-state index in [0.29, 0.717) is 6.54 Å². The van der Waals surface area contributed by atoms with Crippen molar-refractivity contribution in [3.05, 3.63) is 57.6 Å². The van der Waals surface area contributed by atoms with Gasteiger partial charge in [-0.15, -0.1) is 0 Å². The van der Waals surface area contributed by atoms with E-state index in [1.165, 1.54) is 11.3 Å². The second-order valence-electron chi connectivity index (χ2n) is 5.56. The molecular weight excluding hydrogens is 262 g/mol. The van der Waals surface area contributed by atoms with Crippen molar-refractivity contribution in [3.8, 4) is 0 Å². The van der Waals surface area contributed by atoms with E-state index in [-0.39, 0.29) is 5.56 Å². The molecule has 1 aliphatic rings. The predicted octanol–water partition coefficient (Wildman–Crippen LogP) is 2.60. The molecular formula is C17H21N3O. The van der Waals surface area contributed by atoms with E-state index < -0.39 is 0 Å². The van der Waals surface area contributed by atoms with Crippen molar-refractivity contribution in [3.63, 3.8) is 0 Å². The van der Waals surface area contributed by atoms with Gasteiger partial charge in [0.15, 0.2) is 0 Å². The van der Waals surface area contributed by atoms with Crippen LogP contribution in [0.4, 0.5) is 5.82 Å². The number of nitrogens with zero attached hydrogens (tertiary/aromatic N) is 2. The second-order valence-corrected chi connectivity index (χ2v) is 5.56. The maximum absolute atomic E-state index is 12.2. The Morgan fingerprint density at radius 1 is 1.29 bits per heavy atom. The summed E-state index contributed by atoms with van der Waals surface area (Å²) < 4.78 is 1.92. The highest BCUT2D eigenvalue weighted by Gasteiger charge is 2.15. The van der Waals surface area contributed by atoms with Gasteiger partial charge in [-0.1, -0.05) is 13.0 Å². The van der Waals surface area contributed by atoms with E-state index in [9.17, 15) is 4.79 Å². The molecule has 4 heteroatoms. The maximum atomic E-state index is 12.2. The minimum Gasteiger partial charge on any atom is -0.370 e. The van der Waals surface area contributed by atoms with Crippen LogP contribution < -0.4 is 10.9 Å². The van der Waals surface area contributed by atoms with Gasteiger partial charge >= 0.3 is 0 Å². The largest absolute Gasteiger partial charge is 0.370 e. The summed E-state index contributed by atoms with van der Waals surface area (Å²) in [6.45, 7) is 3.67. The zero-order chi connectivity index (χ0) is 14.7. The first-order valence-electron chi connectivity index (χ1n) is 7.68. The summed E-state index contributed by atoms with van der Waals surface area (Å²) in [5, 5.41) is 3.29. The van der Waals surface area contributed by atoms with Gasteiger partial charge in [-0.3, -0.25) is 4.79 Å². The summed E-state index contributed by atoms with van der Waals surface area (Å²) in [5.74, 6) is 0.884. The van der Waals surface area contributed by atoms with E-state index in [1.807, 2.05) is 29.0 Å². The molecule has 3 rings (SSSR count). The molecule has 1 N–H and O–H groups in total. The molecule has 0 spiro atoms. The van der Waals surface area contributed by atoms with Crippen LogP contribution in [0.25, 0.3) is 0 Å². The molecule has 4 nitrogen and oxygen atoms in total. The first-order valence-corrected chi connectivity index (χ1v) is 7.68. The Kier molecular flexibility index (Phi) is 4.04. The van der Waals surface area contributed by atoms with E-state index in [2.05, 4.69) is 17.2 Å². The van der Waals surface area contributed by atoms with Crippen LogP contribution in [0.5, 0.6) is 0 Å². The molecule has 0 amide bonds. The van der Waals surface area contributed by atoms with E-state index in [4.69, 9.17) is 0 Å². The van der Waals surface area contributed by atoms with Gasteiger partial charge in [0, 0.05) is 24.5 Å². The average Bonchev–Trinajstić information content (AvgIpc) is 2.97. The fraction of sp³-hybridized carbons (Fsp3) is 0.412. The van der Waals surface area contributed by atoms with Crippen molar-refractivity contribution >= 4 is 5.82 Å². The van der Waals surface area contributed by atoms with Gasteiger partial charge in [-0.2, -0.15) is 0 Å². The quantitative estimate of drug-likeness (QED) is 0.917. The first kappa shape index (κ1) is 13.9. The lowest BCUT2D eigenvalue weighted by molar-refractivity contribution is 0.707. The highest BCUT2D eigenvalue weighted by molar-refractivity contribution is 5.38. The molecule has 0 aliphatic heterocycles. The molecule has 21 heavy (non-hydrogen) atoms. The lowest BCUT2D eigenvalue weighted by Gasteiger charge is -2.13. The molecule has 0 saturated carbocycles. The van der Waals surface area contributed by atoms with Crippen LogP contribution in [-0.4, -0.2) is 16.1 Å². The van der Waals surface area contributed by atoms with Crippen molar-refractivity contribution < 1.29 is 0 Å². The normalized spacial score (nSPS) is 13.2. The molecule has 0 fully saturated rings. The van der Waals surface area contributed by atoms with Crippen LogP contribution in [0.15, 0.2) is 35.3 Å². The zero-order valence-corrected chi connectivity index (χ0v) is 12.4. The Labute approximate surface area is 124 Å². The Balaban J connectivity index is 1.87. The smallest absolute Gasteiger partial charge is 0.251 e. The predicted molar refractivity (Wildman–Crippen MR) is 84.8 cm³/mol. The van der Waals surface area contributed by atoms with E-state index >= 15 is 0 Å². The van der Waals surface area contributed by atoms with Crippen LogP contribution in [-0.2, 0) is 19.4 Å². The molecule has 110 valence electrons. The summed E-state index contributed by atoms with van der Waals surface area (Å²) in [7, 11) is 0. The summed E-state index contributed by atoms with van der Waals surface area (Å²) in [6, 6.07) is 7.71. The molecule has 0 aromatic carbocycles. The second kappa shape index (κ2) is 6.12. The zero-order valence-electron chi connectivity index (χ0n) is 12.4. The minimum atomic E-state index is 0.0931. The van der Waals surface area contributed by atoms with Gasteiger partial charge in [0.2, 0.25) is 0 Å². The molecule has 0 unspecified atom stereocenters. The number of aromatic nitrogens is 2. The van der Waals surface area contributed by atoms with Crippen LogP contribution in [0.2, 0.25) is 0 Å². The Hall–Kier alpha value is -2.10. The standard InChI is InChI=1S/C17H21N3O/c1-2-9-18-16-11-13(8-10-19-16)12-20-15-5-3-4-14(15)6-7-17(20)21/h6-8,10-11H,2-5,9,12H2,1H3,(H,18,19). The molecule has 0 radical (unpaired) electrons. The lowest BCUT2D eigenvalue weighted by atomic mass is 10.2. The van der Waals surface area contributed by atoms with Gasteiger partial charge in [0.25, 0.3) is 5.56 Å². The number of rotatable bonds is 5. The first-order chi connectivity index (χ1) is 10.3. The molecule has 0 atom stereocenters. The fourth-order valence-corrected chi connectivity index (χ4v) is 2.91. The molecule has 0 saturated heterocycles. The molecule has 2 aromatic rings. The Morgan fingerprint density at radius 3 is 3.05 bits per heavy atom. The minimum absolute atomic E-state index is 0.0931. The van der Waals surface area contributed by atoms with Crippen molar-refractivity contribution in [2.75, 3.05) is 11.9 Å². The van der Waals surface area contributed by atoms with Gasteiger partial charge in [-0.05, 0) is 48.9 Å². The number of aryl methyl sites for hydroxylation is 1. The van der Waals surface area contributed by atoms with Crippen molar-refractivity contribution in [1.29, 1.82) is 0 Å². The SMILES string of the molecule is CCCNc1cc(Cn2c3c(ccc2=O)CCC3)ccn1. The third kappa shape index (κ3) is 2.99. The van der Waals surface area contributed by atoms with Gasteiger partial charge in [0.05, 0.1) is 6.54 Å². The topological polar surface area (TPSA) is 46.9 Å². The third-order valence-electron chi connectivity index (χ3n) is 3.97. The summed E-state index contributed by atoms with van der Waals surface area (Å²) >= 11 is 0. The van der Waals surface area contributed by atoms with Gasteiger partial charge in [-0.25, -0.2) is 4.98 Å². The van der Waals surface area contributed by atoms with Crippen LogP contribution in [0.3, 0.4) is 0 Å². The third-order valence-corrected chi connectivity index (χ3v) is 3.97. The summed E-state index contributed by atoms with van der Waals surface area (Å²) in [6.07, 6.45) is 6.13. The van der Waals surface area contributed by atoms with Crippen molar-refractivity contribution in [2.45, 2.75) is 39.2 Å². The highest BCUT2D eigenvalue weighted by Crippen LogP contribution is 2.20. The molecule has 0 bridgehead atoms. The molecule has 2 heterocycles. The lowest BCUT2D eigenvalue weighted by Crippen LogP contribution is -2.23. The number of pyridine rings is 2. The average molecular weight is 283 g/mol. The van der Waals surface area contributed by atoms with Crippen molar-refractivity contribution in [1.82, 2.24) is 9.55 Å². The monoisotopic (exact) mass is 283 g/mol. The number of nitrogens with one attached hydrogen (secondary N) is 1. The number of hydrogen-bond acceptors (Lipinski definition) is 3. The van der Waals surface area contributed by atoms with E-state index in [0.717, 1.165) is 43.6 Å². The fourth-order valence-electron chi connectivity index (χ4n) is 2.91. The number of anilines is 1. The van der Waals surface area contributed by atoms with Crippen LogP contribution in [0.1, 0.15) is 36.6 Å². The summed E-state index contributed by atoms with van der Waals surface area (Å²) in [4.78, 5) is 16.5. The highest BCUT2D eigenvalue weighted by atomic mass is 16.1. The van der Waals surface area contributed by atoms with Crippen LogP contribution >= 0.6 is 0 Å². The maximum Gasteiger partial charge on any atom is 0.251 e. The van der Waals surface area contributed by atoms with E-state index in [1.54, 1.807) is 6.07 Å². The van der Waals surface area contributed by atoms with Gasteiger partial charge in [0.1, 0.15) is 5.82 Å². The van der Waals surface area contributed by atoms with Crippen molar-refractivity contribution in [2.24, 2.45) is 0 Å². The molecule has 1 aliphatic carbocycles.